The molecule has 2 heterocycles. The van der Waals surface area contributed by atoms with Gasteiger partial charge in [0.2, 0.25) is 0 Å². The Balaban J connectivity index is 1.73. The Morgan fingerprint density at radius 2 is 2.19 bits per heavy atom. The minimum atomic E-state index is -0.132. The third-order valence-corrected chi connectivity index (χ3v) is 6.35. The third kappa shape index (κ3) is 4.95. The van der Waals surface area contributed by atoms with Crippen molar-refractivity contribution in [1.82, 2.24) is 0 Å². The fourth-order valence-corrected chi connectivity index (χ4v) is 4.63. The van der Waals surface area contributed by atoms with Crippen LogP contribution in [-0.4, -0.2) is 31.1 Å². The number of fused-ring (bicyclic) bond motifs is 1. The first-order chi connectivity index (χ1) is 12.9. The molecule has 1 aliphatic carbocycles. The first-order valence-corrected chi connectivity index (χ1v) is 10.4. The summed E-state index contributed by atoms with van der Waals surface area (Å²) in [6, 6.07) is 0. The highest BCUT2D eigenvalue weighted by atomic mass is 16.7. The van der Waals surface area contributed by atoms with E-state index in [9.17, 15) is 4.79 Å². The van der Waals surface area contributed by atoms with Gasteiger partial charge in [-0.1, -0.05) is 32.9 Å². The molecule has 1 unspecified atom stereocenters. The van der Waals surface area contributed by atoms with Crippen molar-refractivity contribution in [3.8, 4) is 11.8 Å². The van der Waals surface area contributed by atoms with Crippen LogP contribution in [0.5, 0.6) is 0 Å². The molecule has 0 radical (unpaired) electrons. The van der Waals surface area contributed by atoms with Crippen LogP contribution in [0.25, 0.3) is 0 Å². The van der Waals surface area contributed by atoms with Crippen molar-refractivity contribution in [3.63, 3.8) is 0 Å². The van der Waals surface area contributed by atoms with Gasteiger partial charge in [0.05, 0.1) is 12.5 Å². The van der Waals surface area contributed by atoms with Gasteiger partial charge in [-0.3, -0.25) is 4.79 Å². The van der Waals surface area contributed by atoms with Crippen molar-refractivity contribution in [2.75, 3.05) is 6.61 Å². The van der Waals surface area contributed by atoms with E-state index in [0.717, 1.165) is 38.7 Å². The largest absolute Gasteiger partial charge is 0.462 e. The van der Waals surface area contributed by atoms with Gasteiger partial charge < -0.3 is 14.2 Å². The van der Waals surface area contributed by atoms with Gasteiger partial charge in [-0.25, -0.2) is 0 Å². The minimum Gasteiger partial charge on any atom is -0.462 e. The monoisotopic (exact) mass is 374 g/mol. The summed E-state index contributed by atoms with van der Waals surface area (Å²) in [6.07, 6.45) is 9.90. The molecule has 0 amide bonds. The van der Waals surface area contributed by atoms with Gasteiger partial charge in [0.1, 0.15) is 6.10 Å². The minimum absolute atomic E-state index is 0.0442. The van der Waals surface area contributed by atoms with Crippen molar-refractivity contribution in [1.29, 1.82) is 0 Å². The normalized spacial score (nSPS) is 34.8. The van der Waals surface area contributed by atoms with E-state index < -0.39 is 0 Å². The van der Waals surface area contributed by atoms with Crippen LogP contribution in [0.3, 0.4) is 0 Å². The van der Waals surface area contributed by atoms with E-state index in [0.29, 0.717) is 24.2 Å². The smallest absolute Gasteiger partial charge is 0.306 e. The molecule has 0 aromatic carbocycles. The van der Waals surface area contributed by atoms with Crippen molar-refractivity contribution < 1.29 is 19.0 Å². The fourth-order valence-electron chi connectivity index (χ4n) is 4.63. The highest BCUT2D eigenvalue weighted by molar-refractivity contribution is 5.72. The van der Waals surface area contributed by atoms with Crippen LogP contribution >= 0.6 is 0 Å². The summed E-state index contributed by atoms with van der Waals surface area (Å²) in [6.45, 7) is 9.33. The molecule has 0 N–H and O–H groups in total. The predicted octanol–water partition coefficient (Wildman–Crippen LogP) is 4.48. The van der Waals surface area contributed by atoms with E-state index in [-0.39, 0.29) is 29.9 Å². The van der Waals surface area contributed by atoms with Gasteiger partial charge in [-0.05, 0) is 44.4 Å². The molecule has 0 spiro atoms. The number of ether oxygens (including phenoxy) is 3. The van der Waals surface area contributed by atoms with Crippen LogP contribution in [0.1, 0.15) is 66.2 Å². The van der Waals surface area contributed by atoms with Crippen LogP contribution in [0.2, 0.25) is 0 Å². The molecule has 0 bridgehead atoms. The highest BCUT2D eigenvalue weighted by Gasteiger charge is 2.47. The van der Waals surface area contributed by atoms with Crippen molar-refractivity contribution in [3.05, 3.63) is 12.2 Å². The van der Waals surface area contributed by atoms with Gasteiger partial charge in [-0.2, -0.15) is 0 Å². The maximum Gasteiger partial charge on any atom is 0.306 e. The predicted molar refractivity (Wildman–Crippen MR) is 105 cm³/mol. The van der Waals surface area contributed by atoms with Crippen LogP contribution in [0.4, 0.5) is 0 Å². The molecule has 150 valence electrons. The lowest BCUT2D eigenvalue weighted by Gasteiger charge is -2.35. The molecule has 3 fully saturated rings. The lowest BCUT2D eigenvalue weighted by Crippen LogP contribution is -2.36. The molecule has 0 aromatic rings. The zero-order valence-corrected chi connectivity index (χ0v) is 17.2. The molecule has 1 saturated carbocycles. The molecule has 2 saturated heterocycles. The summed E-state index contributed by atoms with van der Waals surface area (Å²) < 4.78 is 17.7. The van der Waals surface area contributed by atoms with Gasteiger partial charge in [-0.15, -0.1) is 11.8 Å². The van der Waals surface area contributed by atoms with Crippen LogP contribution < -0.4 is 0 Å². The summed E-state index contributed by atoms with van der Waals surface area (Å²) in [5.41, 5.74) is -0.108. The van der Waals surface area contributed by atoms with E-state index in [1.165, 1.54) is 0 Å². The van der Waals surface area contributed by atoms with Crippen LogP contribution in [0, 0.1) is 35.0 Å². The quantitative estimate of drug-likeness (QED) is 0.391. The molecule has 3 rings (SSSR count). The number of hydrogen-bond acceptors (Lipinski definition) is 4. The third-order valence-electron chi connectivity index (χ3n) is 6.35. The van der Waals surface area contributed by atoms with Gasteiger partial charge in [0, 0.05) is 24.4 Å². The number of carbonyl (C=O) groups is 1. The molecular weight excluding hydrogens is 340 g/mol. The van der Waals surface area contributed by atoms with E-state index >= 15 is 0 Å². The van der Waals surface area contributed by atoms with Gasteiger partial charge >= 0.3 is 5.97 Å². The van der Waals surface area contributed by atoms with Crippen molar-refractivity contribution >= 4 is 5.97 Å². The highest BCUT2D eigenvalue weighted by Crippen LogP contribution is 2.45. The standard InChI is InChI=1S/C23H34O4/c1-5-6-12-23(3,4)20(27-22-9-7-8-13-25-22)11-10-17-16(2)14-19-18(17)15-21(24)26-19/h10-11,16-20,22H,7-9,12-15H2,1-4H3/b11-10+/t16-,17+,18-,19+,20-,22?/m1/s1. The topological polar surface area (TPSA) is 44.8 Å². The van der Waals surface area contributed by atoms with E-state index in [1.54, 1.807) is 0 Å². The van der Waals surface area contributed by atoms with Crippen molar-refractivity contribution in [2.45, 2.75) is 84.7 Å². The second-order valence-electron chi connectivity index (χ2n) is 9.02. The first kappa shape index (κ1) is 20.4. The molecule has 4 nitrogen and oxygen atoms in total. The Kier molecular flexibility index (Phi) is 6.65. The maximum absolute atomic E-state index is 11.7. The van der Waals surface area contributed by atoms with Gasteiger partial charge in [0.15, 0.2) is 6.29 Å². The summed E-state index contributed by atoms with van der Waals surface area (Å²) in [5, 5.41) is 0. The van der Waals surface area contributed by atoms with E-state index in [1.807, 2.05) is 6.92 Å². The number of allylic oxidation sites excluding steroid dienone is 1. The lowest BCUT2D eigenvalue weighted by atomic mass is 9.81. The number of esters is 1. The summed E-state index contributed by atoms with van der Waals surface area (Å²) in [4.78, 5) is 11.7. The molecular formula is C23H34O4. The molecule has 27 heavy (non-hydrogen) atoms. The molecule has 2 aliphatic heterocycles. The number of hydrogen-bond donors (Lipinski definition) is 0. The Bertz CT molecular complexity index is 606. The summed E-state index contributed by atoms with van der Waals surface area (Å²) in [7, 11) is 0. The van der Waals surface area contributed by atoms with Crippen molar-refractivity contribution in [2.24, 2.45) is 23.2 Å². The average molecular weight is 375 g/mol. The Morgan fingerprint density at radius 3 is 2.89 bits per heavy atom. The summed E-state index contributed by atoms with van der Waals surface area (Å²) in [5.74, 6) is 7.38. The lowest BCUT2D eigenvalue weighted by molar-refractivity contribution is -0.196. The fraction of sp³-hybridized carbons (Fsp3) is 0.783. The van der Waals surface area contributed by atoms with Gasteiger partial charge in [0.25, 0.3) is 0 Å². The number of carbonyl (C=O) groups excluding carboxylic acids is 1. The molecule has 3 aliphatic rings. The summed E-state index contributed by atoms with van der Waals surface area (Å²) >= 11 is 0. The Hall–Kier alpha value is -1.31. The second kappa shape index (κ2) is 8.80. The van der Waals surface area contributed by atoms with E-state index in [4.69, 9.17) is 14.2 Å². The molecule has 0 aromatic heterocycles. The van der Waals surface area contributed by atoms with E-state index in [2.05, 4.69) is 44.8 Å². The van der Waals surface area contributed by atoms with Crippen LogP contribution in [0.15, 0.2) is 12.2 Å². The molecule has 4 heteroatoms. The zero-order valence-electron chi connectivity index (χ0n) is 17.2. The van der Waals surface area contributed by atoms with Crippen LogP contribution in [-0.2, 0) is 19.0 Å². The Labute approximate surface area is 164 Å². The average Bonchev–Trinajstić information content (AvgIpc) is 3.12. The molecule has 6 atom stereocenters. The Morgan fingerprint density at radius 1 is 1.37 bits per heavy atom. The maximum atomic E-state index is 11.7. The zero-order chi connectivity index (χ0) is 19.4. The first-order valence-electron chi connectivity index (χ1n) is 10.4. The SMILES string of the molecule is CC#CCC(C)(C)[C@@H](/C=C/[C@@H]1[C@H]2CC(=O)O[C@H]2C[C@H]1C)OC1CCCCO1. The number of rotatable bonds is 6. The second-order valence-corrected chi connectivity index (χ2v) is 9.02.